The molecule has 1 atom stereocenters. The lowest BCUT2D eigenvalue weighted by Gasteiger charge is -2.32. The van der Waals surface area contributed by atoms with Crippen LogP contribution in [0.3, 0.4) is 0 Å². The van der Waals surface area contributed by atoms with Gasteiger partial charge in [-0.3, -0.25) is 4.40 Å². The van der Waals surface area contributed by atoms with Gasteiger partial charge in [0.05, 0.1) is 31.6 Å². The molecule has 0 bridgehead atoms. The van der Waals surface area contributed by atoms with Crippen LogP contribution in [0.15, 0.2) is 24.4 Å². The zero-order valence-electron chi connectivity index (χ0n) is 10.6. The van der Waals surface area contributed by atoms with Crippen molar-refractivity contribution in [2.75, 3.05) is 31.2 Å². The Labute approximate surface area is 110 Å². The van der Waals surface area contributed by atoms with Gasteiger partial charge in [-0.05, 0) is 12.1 Å². The van der Waals surface area contributed by atoms with Crippen molar-refractivity contribution in [3.63, 3.8) is 0 Å². The predicted molar refractivity (Wildman–Crippen MR) is 70.2 cm³/mol. The summed E-state index contributed by atoms with van der Waals surface area (Å²) in [6, 6.07) is 5.74. The van der Waals surface area contributed by atoms with E-state index in [1.165, 1.54) is 0 Å². The third kappa shape index (κ3) is 2.18. The number of aliphatic hydroxyl groups excluding tert-OH is 2. The molecule has 2 N–H and O–H groups in total. The molecule has 0 radical (unpaired) electrons. The highest BCUT2D eigenvalue weighted by molar-refractivity contribution is 5.56. The van der Waals surface area contributed by atoms with Gasteiger partial charge in [-0.15, -0.1) is 0 Å². The van der Waals surface area contributed by atoms with Gasteiger partial charge < -0.3 is 19.8 Å². The molecule has 3 heterocycles. The van der Waals surface area contributed by atoms with Gasteiger partial charge >= 0.3 is 0 Å². The van der Waals surface area contributed by atoms with Crippen molar-refractivity contribution in [3.8, 4) is 0 Å². The quantitative estimate of drug-likeness (QED) is 0.817. The summed E-state index contributed by atoms with van der Waals surface area (Å²) in [5.74, 6) is 0.774. The third-order valence-electron chi connectivity index (χ3n) is 3.40. The van der Waals surface area contributed by atoms with E-state index in [-0.39, 0.29) is 19.3 Å². The summed E-state index contributed by atoms with van der Waals surface area (Å²) in [5.41, 5.74) is 1.59. The largest absolute Gasteiger partial charge is 0.394 e. The highest BCUT2D eigenvalue weighted by Crippen LogP contribution is 2.23. The highest BCUT2D eigenvalue weighted by Gasteiger charge is 2.24. The Morgan fingerprint density at radius 2 is 2.26 bits per heavy atom. The average molecular weight is 263 g/mol. The molecule has 0 amide bonds. The summed E-state index contributed by atoms with van der Waals surface area (Å²) in [6.07, 6.45) is 1.70. The van der Waals surface area contributed by atoms with E-state index in [9.17, 15) is 10.2 Å². The maximum absolute atomic E-state index is 9.59. The van der Waals surface area contributed by atoms with Gasteiger partial charge in [0.1, 0.15) is 5.65 Å². The minimum atomic E-state index is -0.190. The third-order valence-corrected chi connectivity index (χ3v) is 3.40. The van der Waals surface area contributed by atoms with Gasteiger partial charge in [-0.2, -0.15) is 0 Å². The van der Waals surface area contributed by atoms with E-state index < -0.39 is 0 Å². The zero-order valence-corrected chi connectivity index (χ0v) is 10.6. The van der Waals surface area contributed by atoms with Crippen LogP contribution in [0.25, 0.3) is 5.65 Å². The maximum atomic E-state index is 9.59. The standard InChI is InChI=1S/C13H17N3O3/c17-8-10-7-15(5-6-19-10)13-11(9-18)16-4-2-1-3-12(16)14-13/h1-4,10,17-18H,5-9H2. The number of anilines is 1. The summed E-state index contributed by atoms with van der Waals surface area (Å²) in [7, 11) is 0. The van der Waals surface area contributed by atoms with Crippen molar-refractivity contribution in [2.24, 2.45) is 0 Å². The van der Waals surface area contributed by atoms with Crippen LogP contribution in [0.5, 0.6) is 0 Å². The van der Waals surface area contributed by atoms with E-state index in [2.05, 4.69) is 9.88 Å². The molecule has 0 saturated carbocycles. The smallest absolute Gasteiger partial charge is 0.153 e. The second-order valence-corrected chi connectivity index (χ2v) is 4.59. The Hall–Kier alpha value is -1.63. The molecule has 0 spiro atoms. The van der Waals surface area contributed by atoms with Gasteiger partial charge in [0.25, 0.3) is 0 Å². The summed E-state index contributed by atoms with van der Waals surface area (Å²) in [5, 5.41) is 18.8. The van der Waals surface area contributed by atoms with Crippen LogP contribution < -0.4 is 4.90 Å². The van der Waals surface area contributed by atoms with Gasteiger partial charge in [-0.1, -0.05) is 6.07 Å². The molecule has 1 fully saturated rings. The summed E-state index contributed by atoms with van der Waals surface area (Å²) in [4.78, 5) is 6.63. The van der Waals surface area contributed by atoms with Crippen molar-refractivity contribution in [1.29, 1.82) is 0 Å². The molecule has 6 heteroatoms. The molecule has 102 valence electrons. The minimum absolute atomic E-state index is 0.00166. The first-order valence-corrected chi connectivity index (χ1v) is 6.37. The number of morpholine rings is 1. The molecule has 0 aromatic carbocycles. The monoisotopic (exact) mass is 263 g/mol. The number of aromatic nitrogens is 2. The fraction of sp³-hybridized carbons (Fsp3) is 0.462. The van der Waals surface area contributed by atoms with E-state index >= 15 is 0 Å². The van der Waals surface area contributed by atoms with Crippen molar-refractivity contribution in [2.45, 2.75) is 12.7 Å². The average Bonchev–Trinajstić information content (AvgIpc) is 2.86. The summed E-state index contributed by atoms with van der Waals surface area (Å²) >= 11 is 0. The van der Waals surface area contributed by atoms with Crippen LogP contribution in [0.1, 0.15) is 5.69 Å². The Balaban J connectivity index is 1.99. The Bertz CT molecular complexity index is 569. The number of pyridine rings is 1. The first kappa shape index (κ1) is 12.4. The number of hydrogen-bond donors (Lipinski definition) is 2. The van der Waals surface area contributed by atoms with Crippen LogP contribution in [-0.2, 0) is 11.3 Å². The van der Waals surface area contributed by atoms with Crippen molar-refractivity contribution < 1.29 is 14.9 Å². The lowest BCUT2D eigenvalue weighted by Crippen LogP contribution is -2.44. The number of fused-ring (bicyclic) bond motifs is 1. The van der Waals surface area contributed by atoms with Crippen LogP contribution in [-0.4, -0.2) is 52.0 Å². The Morgan fingerprint density at radius 1 is 1.37 bits per heavy atom. The van der Waals surface area contributed by atoms with E-state index in [0.29, 0.717) is 19.7 Å². The number of hydrogen-bond acceptors (Lipinski definition) is 5. The van der Waals surface area contributed by atoms with Crippen molar-refractivity contribution >= 4 is 11.5 Å². The van der Waals surface area contributed by atoms with Gasteiger partial charge in [0.2, 0.25) is 0 Å². The molecular weight excluding hydrogens is 246 g/mol. The lowest BCUT2D eigenvalue weighted by atomic mass is 10.2. The molecule has 2 aromatic rings. The molecule has 6 nitrogen and oxygen atoms in total. The van der Waals surface area contributed by atoms with E-state index in [1.807, 2.05) is 28.8 Å². The van der Waals surface area contributed by atoms with Crippen LogP contribution in [0.2, 0.25) is 0 Å². The van der Waals surface area contributed by atoms with Crippen molar-refractivity contribution in [1.82, 2.24) is 9.38 Å². The zero-order chi connectivity index (χ0) is 13.2. The normalized spacial score (nSPS) is 20.1. The first-order valence-electron chi connectivity index (χ1n) is 6.37. The second-order valence-electron chi connectivity index (χ2n) is 4.59. The SMILES string of the molecule is OCc1c(N2CCOC(CO)C2)nc2ccccn12. The summed E-state index contributed by atoms with van der Waals surface area (Å²) < 4.78 is 7.33. The molecule has 1 unspecified atom stereocenters. The molecule has 0 aliphatic carbocycles. The van der Waals surface area contributed by atoms with Crippen LogP contribution in [0.4, 0.5) is 5.82 Å². The highest BCUT2D eigenvalue weighted by atomic mass is 16.5. The molecular formula is C13H17N3O3. The number of rotatable bonds is 3. The summed E-state index contributed by atoms with van der Waals surface area (Å²) in [6.45, 7) is 1.80. The Morgan fingerprint density at radius 3 is 3.05 bits per heavy atom. The fourth-order valence-electron chi connectivity index (χ4n) is 2.46. The molecule has 2 aromatic heterocycles. The van der Waals surface area contributed by atoms with E-state index in [4.69, 9.17) is 4.74 Å². The number of nitrogens with zero attached hydrogens (tertiary/aromatic N) is 3. The molecule has 1 saturated heterocycles. The number of aliphatic hydroxyl groups is 2. The number of ether oxygens (including phenoxy) is 1. The first-order chi connectivity index (χ1) is 9.33. The van der Waals surface area contributed by atoms with E-state index in [1.54, 1.807) is 0 Å². The van der Waals surface area contributed by atoms with Crippen LogP contribution >= 0.6 is 0 Å². The predicted octanol–water partition coefficient (Wildman–Crippen LogP) is 0.0241. The lowest BCUT2D eigenvalue weighted by molar-refractivity contribution is 0.00329. The van der Waals surface area contributed by atoms with Gasteiger partial charge in [-0.25, -0.2) is 4.98 Å². The van der Waals surface area contributed by atoms with Crippen LogP contribution in [0, 0.1) is 0 Å². The maximum Gasteiger partial charge on any atom is 0.153 e. The Kier molecular flexibility index (Phi) is 3.37. The molecule has 1 aliphatic rings. The minimum Gasteiger partial charge on any atom is -0.394 e. The van der Waals surface area contributed by atoms with Gasteiger partial charge in [0, 0.05) is 19.3 Å². The topological polar surface area (TPSA) is 70.2 Å². The molecule has 1 aliphatic heterocycles. The van der Waals surface area contributed by atoms with Gasteiger partial charge in [0.15, 0.2) is 5.82 Å². The molecule has 19 heavy (non-hydrogen) atoms. The fourth-order valence-corrected chi connectivity index (χ4v) is 2.46. The molecule has 3 rings (SSSR count). The van der Waals surface area contributed by atoms with E-state index in [0.717, 1.165) is 17.2 Å². The number of imidazole rings is 1. The second kappa shape index (κ2) is 5.16. The van der Waals surface area contributed by atoms with Crippen molar-refractivity contribution in [3.05, 3.63) is 30.1 Å².